The van der Waals surface area contributed by atoms with E-state index in [9.17, 15) is 24.6 Å². The first-order chi connectivity index (χ1) is 27.4. The molecular weight excluding hydrogens is 744 g/mol. The molecule has 0 aromatic rings. The molecule has 13 heteroatoms. The van der Waals surface area contributed by atoms with Gasteiger partial charge < -0.3 is 38.6 Å². The number of cyclic esters (lactones) is 1. The number of esters is 3. The quantitative estimate of drug-likeness (QED) is 0.131. The number of ether oxygens (including phenoxy) is 6. The molecule has 58 heavy (non-hydrogen) atoms. The molecule has 1 aliphatic rings. The fraction of sp³-hybridized carbons (Fsp3) is 0.756. The molecule has 0 saturated heterocycles. The lowest BCUT2D eigenvalue weighted by Gasteiger charge is -2.32. The van der Waals surface area contributed by atoms with Crippen LogP contribution in [0.4, 0.5) is 0 Å². The molecule has 0 amide bonds. The largest absolute Gasteiger partial charge is 0.464 e. The summed E-state index contributed by atoms with van der Waals surface area (Å²) in [5.41, 5.74) is 0. The highest BCUT2D eigenvalue weighted by Crippen LogP contribution is 2.27. The summed E-state index contributed by atoms with van der Waals surface area (Å²) >= 11 is 0. The van der Waals surface area contributed by atoms with E-state index in [-0.39, 0.29) is 49.6 Å². The Morgan fingerprint density at radius 2 is 1.48 bits per heavy atom. The van der Waals surface area contributed by atoms with Crippen molar-refractivity contribution in [2.24, 2.45) is 29.6 Å². The zero-order chi connectivity index (χ0) is 43.9. The van der Waals surface area contributed by atoms with Crippen molar-refractivity contribution in [1.29, 1.82) is 0 Å². The van der Waals surface area contributed by atoms with Crippen molar-refractivity contribution in [1.82, 2.24) is 9.80 Å². The zero-order valence-electron chi connectivity index (χ0n) is 37.7. The summed E-state index contributed by atoms with van der Waals surface area (Å²) in [5.74, 6) is -2.60. The van der Waals surface area contributed by atoms with Gasteiger partial charge in [0.2, 0.25) is 0 Å². The smallest absolute Gasteiger partial charge is 0.331 e. The van der Waals surface area contributed by atoms with Crippen LogP contribution in [0.1, 0.15) is 80.1 Å². The van der Waals surface area contributed by atoms with E-state index in [0.717, 1.165) is 12.8 Å². The molecule has 0 saturated carbocycles. The minimum Gasteiger partial charge on any atom is -0.464 e. The highest BCUT2D eigenvalue weighted by molar-refractivity contribution is 5.82. The van der Waals surface area contributed by atoms with Gasteiger partial charge in [0, 0.05) is 58.0 Å². The van der Waals surface area contributed by atoms with E-state index in [1.807, 2.05) is 32.9 Å². The molecule has 0 bridgehead atoms. The minimum absolute atomic E-state index is 0.0139. The third kappa shape index (κ3) is 19.4. The lowest BCUT2D eigenvalue weighted by atomic mass is 9.85. The molecule has 334 valence electrons. The summed E-state index contributed by atoms with van der Waals surface area (Å²) < 4.78 is 34.3. The van der Waals surface area contributed by atoms with Crippen LogP contribution in [-0.4, -0.2) is 149 Å². The van der Waals surface area contributed by atoms with E-state index in [2.05, 4.69) is 19.1 Å². The Morgan fingerprint density at radius 1 is 0.845 bits per heavy atom. The number of methoxy groups -OCH3 is 3. The van der Waals surface area contributed by atoms with Crippen LogP contribution in [0.5, 0.6) is 0 Å². The van der Waals surface area contributed by atoms with E-state index < -0.39 is 66.2 Å². The molecule has 0 aromatic heterocycles. The van der Waals surface area contributed by atoms with Crippen LogP contribution in [0.3, 0.4) is 0 Å². The number of carbonyl (C=O) groups excluding carboxylic acids is 3. The third-order valence-electron chi connectivity index (χ3n) is 11.4. The number of likely N-dealkylation sites (N-methyl/N-ethyl adjacent to an activating group) is 2. The first-order valence-corrected chi connectivity index (χ1v) is 20.9. The Balaban J connectivity index is 3.44. The second-order valence-electron chi connectivity index (χ2n) is 16.6. The topological polar surface area (TPSA) is 154 Å². The summed E-state index contributed by atoms with van der Waals surface area (Å²) in [6.07, 6.45) is 14.7. The van der Waals surface area contributed by atoms with Crippen LogP contribution < -0.4 is 0 Å². The van der Waals surface area contributed by atoms with Gasteiger partial charge in [-0.3, -0.25) is 19.4 Å². The lowest BCUT2D eigenvalue weighted by molar-refractivity contribution is -0.162. The fourth-order valence-corrected chi connectivity index (χ4v) is 6.75. The monoisotopic (exact) mass is 823 g/mol. The highest BCUT2D eigenvalue weighted by atomic mass is 16.6. The summed E-state index contributed by atoms with van der Waals surface area (Å²) in [7, 11) is 12.0. The molecule has 0 unspecified atom stereocenters. The Kier molecular flexibility index (Phi) is 26.1. The van der Waals surface area contributed by atoms with Gasteiger partial charge in [0.25, 0.3) is 0 Å². The van der Waals surface area contributed by atoms with Crippen LogP contribution >= 0.6 is 0 Å². The van der Waals surface area contributed by atoms with Gasteiger partial charge in [-0.25, -0.2) is 4.79 Å². The number of hydrogen-bond donors (Lipinski definition) is 2. The maximum absolute atomic E-state index is 13.3. The number of aliphatic hydroxyl groups is 2. The second kappa shape index (κ2) is 28.5. The standard InChI is InChI=1S/C45H78N2O11/c1-30-19-17-20-36(54-12)26-25-31(2)42(49)34(5)40(58-45(52)38(29-53-11)47(9)10)22-15-14-16-24-41(48)57-39(23-18-21-37(27-30)55-13)33(4)43(50)32(3)28-56-44(51)35(6)46(7)8/h14-18,20-21,24,30-40,42-43,49-50H,19,22-23,25-29H2,1-13H3/b15-14+,20-17+,21-18+,24-16+/t30-,31-,32+,33-,34-,35+,36-,37+,38+,39+,40-,42-,43+/m1/s1. The molecule has 13 atom stereocenters. The van der Waals surface area contributed by atoms with E-state index in [1.54, 1.807) is 84.3 Å². The number of nitrogens with zero attached hydrogens (tertiary/aromatic N) is 2. The van der Waals surface area contributed by atoms with Crippen LogP contribution in [0.25, 0.3) is 0 Å². The molecule has 0 radical (unpaired) electrons. The van der Waals surface area contributed by atoms with Gasteiger partial charge in [0.05, 0.1) is 37.6 Å². The molecule has 0 spiro atoms. The maximum atomic E-state index is 13.3. The van der Waals surface area contributed by atoms with Crippen LogP contribution in [0, 0.1) is 29.6 Å². The van der Waals surface area contributed by atoms with Gasteiger partial charge in [-0.05, 0) is 72.6 Å². The SMILES string of the molecule is COC[C@@H](C(=O)O[C@@H]1C/C=C/C=C/C(=O)O[C@H]([C@@H](C)[C@@H](O)[C@@H](C)COC(=O)[C@H](C)N(C)C)C/C=C/[C@H](OC)C[C@H](C)C/C=C/[C@@H](OC)CC[C@@H](C)[C@@H](O)[C@@H]1C)N(C)C. The van der Waals surface area contributed by atoms with Crippen LogP contribution in [0.15, 0.2) is 48.6 Å². The van der Waals surface area contributed by atoms with Crippen molar-refractivity contribution in [3.8, 4) is 0 Å². The van der Waals surface area contributed by atoms with Gasteiger partial charge >= 0.3 is 17.9 Å². The number of allylic oxidation sites excluding steroid dienone is 3. The maximum Gasteiger partial charge on any atom is 0.331 e. The van der Waals surface area contributed by atoms with Gasteiger partial charge in [-0.15, -0.1) is 0 Å². The Morgan fingerprint density at radius 3 is 2.09 bits per heavy atom. The summed E-state index contributed by atoms with van der Waals surface area (Å²) in [4.78, 5) is 42.5. The molecule has 0 aliphatic carbocycles. The molecule has 0 fully saturated rings. The van der Waals surface area contributed by atoms with Crippen molar-refractivity contribution in [3.05, 3.63) is 48.6 Å². The van der Waals surface area contributed by atoms with E-state index in [0.29, 0.717) is 19.3 Å². The molecule has 0 aromatic carbocycles. The van der Waals surface area contributed by atoms with E-state index >= 15 is 0 Å². The Hall–Kier alpha value is -2.91. The molecule has 2 N–H and O–H groups in total. The van der Waals surface area contributed by atoms with Crippen molar-refractivity contribution in [2.45, 2.75) is 129 Å². The summed E-state index contributed by atoms with van der Waals surface area (Å²) in [6, 6.07) is -1.06. The van der Waals surface area contributed by atoms with Crippen molar-refractivity contribution in [2.75, 3.05) is 62.7 Å². The second-order valence-corrected chi connectivity index (χ2v) is 16.6. The zero-order valence-corrected chi connectivity index (χ0v) is 37.7. The third-order valence-corrected chi connectivity index (χ3v) is 11.4. The summed E-state index contributed by atoms with van der Waals surface area (Å²) in [6.45, 7) is 11.6. The number of aliphatic hydroxyl groups excluding tert-OH is 2. The molecule has 13 nitrogen and oxygen atoms in total. The Labute approximate surface area is 349 Å². The van der Waals surface area contributed by atoms with E-state index in [4.69, 9.17) is 28.4 Å². The molecule has 1 rings (SSSR count). The average Bonchev–Trinajstić information content (AvgIpc) is 3.19. The Bertz CT molecular complexity index is 1300. The minimum atomic E-state index is -0.943. The van der Waals surface area contributed by atoms with Crippen molar-refractivity contribution in [3.63, 3.8) is 0 Å². The summed E-state index contributed by atoms with van der Waals surface area (Å²) in [5, 5.41) is 22.9. The van der Waals surface area contributed by atoms with Gasteiger partial charge in [-0.2, -0.15) is 0 Å². The lowest BCUT2D eigenvalue weighted by Crippen LogP contribution is -2.44. The number of hydrogen-bond acceptors (Lipinski definition) is 13. The normalized spacial score (nSPS) is 31.1. The van der Waals surface area contributed by atoms with Crippen molar-refractivity contribution >= 4 is 17.9 Å². The highest BCUT2D eigenvalue weighted by Gasteiger charge is 2.34. The van der Waals surface area contributed by atoms with Crippen LogP contribution in [-0.2, 0) is 42.8 Å². The van der Waals surface area contributed by atoms with Gasteiger partial charge in [0.15, 0.2) is 0 Å². The average molecular weight is 823 g/mol. The van der Waals surface area contributed by atoms with E-state index in [1.165, 1.54) is 13.2 Å². The first kappa shape index (κ1) is 53.1. The molecule has 1 heterocycles. The molecule has 1 aliphatic heterocycles. The first-order valence-electron chi connectivity index (χ1n) is 20.9. The number of carbonyl (C=O) groups is 3. The predicted molar refractivity (Wildman–Crippen MR) is 227 cm³/mol. The van der Waals surface area contributed by atoms with Gasteiger partial charge in [-0.1, -0.05) is 77.2 Å². The molecular formula is C45H78N2O11. The van der Waals surface area contributed by atoms with Gasteiger partial charge in [0.1, 0.15) is 24.3 Å². The van der Waals surface area contributed by atoms with Crippen LogP contribution in [0.2, 0.25) is 0 Å². The number of rotatable bonds is 14. The fourth-order valence-electron chi connectivity index (χ4n) is 6.75. The van der Waals surface area contributed by atoms with Crippen molar-refractivity contribution < 1.29 is 53.0 Å². The predicted octanol–water partition coefficient (Wildman–Crippen LogP) is 5.39.